The molecule has 3 aliphatic rings. The third-order valence-electron chi connectivity index (χ3n) is 8.64. The molecule has 2 fully saturated rings. The number of dihydropyridines is 1. The predicted molar refractivity (Wildman–Crippen MR) is 160 cm³/mol. The second-order valence-electron chi connectivity index (χ2n) is 11.7. The molecular weight excluding hydrogens is 562 g/mol. The average Bonchev–Trinajstić information content (AvgIpc) is 2.98. The van der Waals surface area contributed by atoms with Crippen LogP contribution >= 0.6 is 0 Å². The van der Waals surface area contributed by atoms with Crippen molar-refractivity contribution < 1.29 is 27.2 Å². The summed E-state index contributed by atoms with van der Waals surface area (Å²) in [6, 6.07) is 10.7. The first-order valence-electron chi connectivity index (χ1n) is 14.7. The van der Waals surface area contributed by atoms with E-state index in [0.717, 1.165) is 37.7 Å². The highest BCUT2D eigenvalue weighted by Gasteiger charge is 2.43. The van der Waals surface area contributed by atoms with Crippen LogP contribution in [-0.4, -0.2) is 80.3 Å². The number of alkyl halides is 3. The van der Waals surface area contributed by atoms with Crippen molar-refractivity contribution in [3.8, 4) is 11.1 Å². The topological polar surface area (TPSA) is 68.2 Å². The summed E-state index contributed by atoms with van der Waals surface area (Å²) in [4.78, 5) is 34.8. The fourth-order valence-electron chi connectivity index (χ4n) is 6.12. The SMILES string of the molecule is CN1CCN(c2ccc(-c3cc(CN(C)C4CCCCC4)ccc3F)cc2NC(=O)C2C=NC(=O)C=C2C(F)(F)F)CC1. The summed E-state index contributed by atoms with van der Waals surface area (Å²) in [6.45, 7) is 3.47. The van der Waals surface area contributed by atoms with Gasteiger partial charge in [-0.15, -0.1) is 0 Å². The summed E-state index contributed by atoms with van der Waals surface area (Å²) in [5.74, 6) is -4.28. The monoisotopic (exact) mass is 599 g/mol. The highest BCUT2D eigenvalue weighted by molar-refractivity contribution is 6.11. The summed E-state index contributed by atoms with van der Waals surface area (Å²) >= 11 is 0. The summed E-state index contributed by atoms with van der Waals surface area (Å²) in [5.41, 5.74) is 1.40. The largest absolute Gasteiger partial charge is 0.414 e. The second kappa shape index (κ2) is 13.0. The zero-order valence-corrected chi connectivity index (χ0v) is 24.5. The molecule has 2 amide bonds. The standard InChI is InChI=1S/C32H37F4N5O2/c1-39-12-14-41(15-13-39)29-11-9-22(17-28(29)38-31(43)25-19-37-30(42)18-26(25)32(34,35)36)24-16-21(8-10-27(24)33)20-40(2)23-6-4-3-5-7-23/h8-11,16-19,23,25H,3-7,12-15,20H2,1-2H3,(H,38,43). The highest BCUT2D eigenvalue weighted by atomic mass is 19.4. The Hall–Kier alpha value is -3.57. The number of nitrogens with zero attached hydrogens (tertiary/aromatic N) is 4. The molecule has 2 aliphatic heterocycles. The molecular formula is C32H37F4N5O2. The van der Waals surface area contributed by atoms with Crippen LogP contribution in [0.5, 0.6) is 0 Å². The number of amides is 2. The van der Waals surface area contributed by atoms with Crippen LogP contribution in [0.15, 0.2) is 53.0 Å². The number of hydrogen-bond donors (Lipinski definition) is 1. The number of benzene rings is 2. The van der Waals surface area contributed by atoms with Crippen molar-refractivity contribution in [3.05, 3.63) is 59.4 Å². The van der Waals surface area contributed by atoms with E-state index in [4.69, 9.17) is 0 Å². The van der Waals surface area contributed by atoms with E-state index in [1.807, 2.05) is 11.9 Å². The third-order valence-corrected chi connectivity index (χ3v) is 8.64. The Bertz CT molecular complexity index is 1410. The second-order valence-corrected chi connectivity index (χ2v) is 11.7. The van der Waals surface area contributed by atoms with Crippen molar-refractivity contribution in [2.75, 3.05) is 50.5 Å². The van der Waals surface area contributed by atoms with Gasteiger partial charge in [0.1, 0.15) is 11.7 Å². The van der Waals surface area contributed by atoms with E-state index in [1.165, 1.54) is 25.3 Å². The van der Waals surface area contributed by atoms with Gasteiger partial charge in [-0.25, -0.2) is 9.38 Å². The van der Waals surface area contributed by atoms with Gasteiger partial charge in [0.05, 0.1) is 16.9 Å². The quantitative estimate of drug-likeness (QED) is 0.416. The maximum atomic E-state index is 15.3. The van der Waals surface area contributed by atoms with Crippen molar-refractivity contribution in [1.82, 2.24) is 9.80 Å². The summed E-state index contributed by atoms with van der Waals surface area (Å²) in [7, 11) is 4.09. The number of hydrogen-bond acceptors (Lipinski definition) is 5. The molecule has 0 aromatic heterocycles. The van der Waals surface area contributed by atoms with Gasteiger partial charge in [-0.05, 0) is 62.3 Å². The normalized spacial score (nSPS) is 20.4. The molecule has 43 heavy (non-hydrogen) atoms. The average molecular weight is 600 g/mol. The molecule has 11 heteroatoms. The molecule has 0 spiro atoms. The van der Waals surface area contributed by atoms with E-state index in [2.05, 4.69) is 27.2 Å². The molecule has 230 valence electrons. The van der Waals surface area contributed by atoms with Crippen molar-refractivity contribution in [3.63, 3.8) is 0 Å². The Morgan fingerprint density at radius 2 is 1.77 bits per heavy atom. The van der Waals surface area contributed by atoms with Crippen LogP contribution in [-0.2, 0) is 16.1 Å². The van der Waals surface area contributed by atoms with Gasteiger partial charge in [-0.3, -0.25) is 14.5 Å². The summed E-state index contributed by atoms with van der Waals surface area (Å²) in [5, 5.41) is 2.66. The molecule has 2 aromatic rings. The third kappa shape index (κ3) is 7.33. The van der Waals surface area contributed by atoms with Gasteiger partial charge in [0.15, 0.2) is 0 Å². The number of carbonyl (C=O) groups is 2. The number of carbonyl (C=O) groups excluding carboxylic acids is 2. The number of nitrogens with one attached hydrogen (secondary N) is 1. The molecule has 0 bridgehead atoms. The minimum Gasteiger partial charge on any atom is -0.367 e. The van der Waals surface area contributed by atoms with E-state index < -0.39 is 35.3 Å². The van der Waals surface area contributed by atoms with E-state index in [9.17, 15) is 22.8 Å². The van der Waals surface area contributed by atoms with Crippen molar-refractivity contribution in [1.29, 1.82) is 0 Å². The molecule has 0 radical (unpaired) electrons. The van der Waals surface area contributed by atoms with E-state index in [-0.39, 0.29) is 5.69 Å². The Labute approximate surface area is 249 Å². The zero-order chi connectivity index (χ0) is 30.7. The van der Waals surface area contributed by atoms with Crippen LogP contribution in [0.1, 0.15) is 37.7 Å². The van der Waals surface area contributed by atoms with Gasteiger partial charge < -0.3 is 15.1 Å². The molecule has 7 nitrogen and oxygen atoms in total. The van der Waals surface area contributed by atoms with Crippen LogP contribution in [0.3, 0.4) is 0 Å². The van der Waals surface area contributed by atoms with Crippen LogP contribution in [0.2, 0.25) is 0 Å². The van der Waals surface area contributed by atoms with Crippen molar-refractivity contribution >= 4 is 29.4 Å². The summed E-state index contributed by atoms with van der Waals surface area (Å²) in [6.07, 6.45) is 2.16. The molecule has 1 aliphatic carbocycles. The Morgan fingerprint density at radius 1 is 1.05 bits per heavy atom. The van der Waals surface area contributed by atoms with Crippen molar-refractivity contribution in [2.45, 2.75) is 50.9 Å². The molecule has 2 heterocycles. The smallest absolute Gasteiger partial charge is 0.367 e. The first-order chi connectivity index (χ1) is 20.5. The maximum absolute atomic E-state index is 15.3. The minimum atomic E-state index is -4.89. The fraction of sp³-hybridized carbons (Fsp3) is 0.469. The van der Waals surface area contributed by atoms with Crippen LogP contribution in [0, 0.1) is 11.7 Å². The van der Waals surface area contributed by atoms with E-state index >= 15 is 4.39 Å². The van der Waals surface area contributed by atoms with Crippen LogP contribution < -0.4 is 10.2 Å². The summed E-state index contributed by atoms with van der Waals surface area (Å²) < 4.78 is 56.4. The number of piperazine rings is 1. The van der Waals surface area contributed by atoms with Gasteiger partial charge in [0, 0.05) is 56.6 Å². The van der Waals surface area contributed by atoms with Gasteiger partial charge in [-0.2, -0.15) is 13.2 Å². The number of halogens is 4. The number of rotatable bonds is 7. The fourth-order valence-corrected chi connectivity index (χ4v) is 6.12. The minimum absolute atomic E-state index is 0.267. The lowest BCUT2D eigenvalue weighted by molar-refractivity contribution is -0.124. The Balaban J connectivity index is 1.46. The molecule has 2 aromatic carbocycles. The molecule has 5 rings (SSSR count). The van der Waals surface area contributed by atoms with Gasteiger partial charge in [0.2, 0.25) is 5.91 Å². The maximum Gasteiger partial charge on any atom is 0.414 e. The lowest BCUT2D eigenvalue weighted by atomic mass is 9.94. The molecule has 1 N–H and O–H groups in total. The van der Waals surface area contributed by atoms with Crippen molar-refractivity contribution in [2.24, 2.45) is 10.9 Å². The highest BCUT2D eigenvalue weighted by Crippen LogP contribution is 2.37. The van der Waals surface area contributed by atoms with E-state index in [0.29, 0.717) is 48.6 Å². The molecule has 1 unspecified atom stereocenters. The first kappa shape index (κ1) is 30.9. The van der Waals surface area contributed by atoms with Gasteiger partial charge >= 0.3 is 6.18 Å². The lowest BCUT2D eigenvalue weighted by Gasteiger charge is -2.35. The predicted octanol–water partition coefficient (Wildman–Crippen LogP) is 5.66. The molecule has 1 saturated carbocycles. The number of anilines is 2. The molecule has 1 saturated heterocycles. The van der Waals surface area contributed by atoms with E-state index in [1.54, 1.807) is 30.3 Å². The number of likely N-dealkylation sites (N-methyl/N-ethyl adjacent to an activating group) is 1. The van der Waals surface area contributed by atoms with Gasteiger partial charge in [0.25, 0.3) is 5.91 Å². The van der Waals surface area contributed by atoms with Crippen LogP contribution in [0.4, 0.5) is 28.9 Å². The lowest BCUT2D eigenvalue weighted by Crippen LogP contribution is -2.44. The van der Waals surface area contributed by atoms with Gasteiger partial charge in [-0.1, -0.05) is 31.4 Å². The Kier molecular flexibility index (Phi) is 9.31. The zero-order valence-electron chi connectivity index (χ0n) is 24.5. The number of aliphatic imine (C=N–C) groups is 1. The molecule has 1 atom stereocenters. The van der Waals surface area contributed by atoms with Crippen LogP contribution in [0.25, 0.3) is 11.1 Å². The first-order valence-corrected chi connectivity index (χ1v) is 14.7. The Morgan fingerprint density at radius 3 is 2.47 bits per heavy atom.